The van der Waals surface area contributed by atoms with Crippen molar-refractivity contribution in [2.75, 3.05) is 18.5 Å². The highest BCUT2D eigenvalue weighted by Gasteiger charge is 2.38. The SMILES string of the molecule is CCOC(=O)C(C(=O)OCC)C(Nc1ccc(Cl)cc1)c1ccccc1. The molecule has 5 nitrogen and oxygen atoms in total. The van der Waals surface area contributed by atoms with E-state index in [-0.39, 0.29) is 13.2 Å². The molecule has 0 heterocycles. The number of anilines is 1. The average molecular weight is 376 g/mol. The number of esters is 2. The van der Waals surface area contributed by atoms with E-state index in [4.69, 9.17) is 21.1 Å². The van der Waals surface area contributed by atoms with Gasteiger partial charge in [-0.05, 0) is 43.7 Å². The first-order valence-electron chi connectivity index (χ1n) is 8.47. The van der Waals surface area contributed by atoms with Crippen LogP contribution in [0.3, 0.4) is 0 Å². The summed E-state index contributed by atoms with van der Waals surface area (Å²) in [6.45, 7) is 3.75. The minimum absolute atomic E-state index is 0.178. The highest BCUT2D eigenvalue weighted by atomic mass is 35.5. The predicted molar refractivity (Wildman–Crippen MR) is 101 cm³/mol. The van der Waals surface area contributed by atoms with E-state index in [0.717, 1.165) is 11.3 Å². The van der Waals surface area contributed by atoms with Crippen LogP contribution in [-0.2, 0) is 19.1 Å². The van der Waals surface area contributed by atoms with Crippen LogP contribution in [0.15, 0.2) is 54.6 Å². The van der Waals surface area contributed by atoms with E-state index in [1.54, 1.807) is 38.1 Å². The second-order valence-electron chi connectivity index (χ2n) is 5.52. The van der Waals surface area contributed by atoms with E-state index in [0.29, 0.717) is 5.02 Å². The molecule has 2 rings (SSSR count). The zero-order valence-corrected chi connectivity index (χ0v) is 15.5. The van der Waals surface area contributed by atoms with Crippen molar-refractivity contribution in [1.29, 1.82) is 0 Å². The van der Waals surface area contributed by atoms with Gasteiger partial charge in [0, 0.05) is 10.7 Å². The number of ether oxygens (including phenoxy) is 2. The topological polar surface area (TPSA) is 64.6 Å². The summed E-state index contributed by atoms with van der Waals surface area (Å²) >= 11 is 5.94. The van der Waals surface area contributed by atoms with Crippen LogP contribution in [0.1, 0.15) is 25.5 Å². The molecule has 0 bridgehead atoms. The Kier molecular flexibility index (Phi) is 7.48. The molecule has 0 radical (unpaired) electrons. The number of hydrogen-bond donors (Lipinski definition) is 1. The molecule has 0 fully saturated rings. The van der Waals surface area contributed by atoms with E-state index in [2.05, 4.69) is 5.32 Å². The summed E-state index contributed by atoms with van der Waals surface area (Å²) in [6.07, 6.45) is 0. The fraction of sp³-hybridized carbons (Fsp3) is 0.300. The minimum Gasteiger partial charge on any atom is -0.465 e. The molecular weight excluding hydrogens is 354 g/mol. The van der Waals surface area contributed by atoms with Crippen molar-refractivity contribution in [2.24, 2.45) is 5.92 Å². The Hall–Kier alpha value is -2.53. The molecular formula is C20H22ClNO4. The molecule has 1 atom stereocenters. The van der Waals surface area contributed by atoms with Crippen LogP contribution < -0.4 is 5.32 Å². The predicted octanol–water partition coefficient (Wildman–Crippen LogP) is 4.24. The largest absolute Gasteiger partial charge is 0.465 e. The lowest BCUT2D eigenvalue weighted by atomic mass is 9.92. The van der Waals surface area contributed by atoms with Crippen molar-refractivity contribution >= 4 is 29.2 Å². The van der Waals surface area contributed by atoms with Crippen molar-refractivity contribution in [3.05, 3.63) is 65.2 Å². The maximum Gasteiger partial charge on any atom is 0.322 e. The first kappa shape index (κ1) is 19.8. The zero-order chi connectivity index (χ0) is 18.9. The van der Waals surface area contributed by atoms with E-state index >= 15 is 0 Å². The Bertz CT molecular complexity index is 700. The Morgan fingerprint density at radius 1 is 0.923 bits per heavy atom. The smallest absolute Gasteiger partial charge is 0.322 e. The van der Waals surface area contributed by atoms with Gasteiger partial charge in [-0.15, -0.1) is 0 Å². The second-order valence-corrected chi connectivity index (χ2v) is 5.96. The van der Waals surface area contributed by atoms with Gasteiger partial charge in [0.25, 0.3) is 0 Å². The van der Waals surface area contributed by atoms with Crippen LogP contribution in [0.2, 0.25) is 5.02 Å². The molecule has 138 valence electrons. The fourth-order valence-electron chi connectivity index (χ4n) is 2.58. The van der Waals surface area contributed by atoms with E-state index in [1.165, 1.54) is 0 Å². The number of carbonyl (C=O) groups excluding carboxylic acids is 2. The molecule has 0 aliphatic heterocycles. The maximum atomic E-state index is 12.5. The highest BCUT2D eigenvalue weighted by Crippen LogP contribution is 2.29. The van der Waals surface area contributed by atoms with Gasteiger partial charge >= 0.3 is 11.9 Å². The normalized spacial score (nSPS) is 11.7. The molecule has 1 unspecified atom stereocenters. The Morgan fingerprint density at radius 2 is 1.46 bits per heavy atom. The molecule has 0 amide bonds. The minimum atomic E-state index is -1.13. The molecule has 0 saturated heterocycles. The van der Waals surface area contributed by atoms with Gasteiger partial charge in [-0.3, -0.25) is 9.59 Å². The van der Waals surface area contributed by atoms with Gasteiger partial charge in [-0.1, -0.05) is 41.9 Å². The maximum absolute atomic E-state index is 12.5. The first-order valence-corrected chi connectivity index (χ1v) is 8.85. The van der Waals surface area contributed by atoms with Crippen LogP contribution in [0.4, 0.5) is 5.69 Å². The van der Waals surface area contributed by atoms with E-state index < -0.39 is 23.9 Å². The van der Waals surface area contributed by atoms with Gasteiger partial charge in [-0.25, -0.2) is 0 Å². The summed E-state index contributed by atoms with van der Waals surface area (Å²) in [5.41, 5.74) is 1.50. The summed E-state index contributed by atoms with van der Waals surface area (Å²) in [6, 6.07) is 15.6. The molecule has 2 aromatic carbocycles. The summed E-state index contributed by atoms with van der Waals surface area (Å²) in [4.78, 5) is 25.1. The molecule has 2 aromatic rings. The van der Waals surface area contributed by atoms with Crippen molar-refractivity contribution in [2.45, 2.75) is 19.9 Å². The van der Waals surface area contributed by atoms with Crippen LogP contribution >= 0.6 is 11.6 Å². The van der Waals surface area contributed by atoms with Gasteiger partial charge in [0.2, 0.25) is 0 Å². The fourth-order valence-corrected chi connectivity index (χ4v) is 2.70. The molecule has 0 spiro atoms. The van der Waals surface area contributed by atoms with E-state index in [9.17, 15) is 9.59 Å². The van der Waals surface area contributed by atoms with Gasteiger partial charge in [0.15, 0.2) is 5.92 Å². The quantitative estimate of drug-likeness (QED) is 0.552. The Labute approximate surface area is 158 Å². The van der Waals surface area contributed by atoms with Crippen LogP contribution in [-0.4, -0.2) is 25.2 Å². The number of benzene rings is 2. The molecule has 1 N–H and O–H groups in total. The monoisotopic (exact) mass is 375 g/mol. The highest BCUT2D eigenvalue weighted by molar-refractivity contribution is 6.30. The average Bonchev–Trinajstić information content (AvgIpc) is 2.64. The summed E-state index contributed by atoms with van der Waals surface area (Å²) in [7, 11) is 0. The van der Waals surface area contributed by atoms with Crippen molar-refractivity contribution in [3.8, 4) is 0 Å². The summed E-state index contributed by atoms with van der Waals surface area (Å²) in [5, 5.41) is 3.84. The Balaban J connectivity index is 2.42. The number of rotatable bonds is 8. The molecule has 6 heteroatoms. The van der Waals surface area contributed by atoms with Gasteiger partial charge in [0.1, 0.15) is 0 Å². The molecule has 0 aliphatic rings. The summed E-state index contributed by atoms with van der Waals surface area (Å²) < 4.78 is 10.3. The third kappa shape index (κ3) is 5.23. The third-order valence-electron chi connectivity index (χ3n) is 3.74. The number of halogens is 1. The first-order chi connectivity index (χ1) is 12.6. The lowest BCUT2D eigenvalue weighted by molar-refractivity contribution is -0.162. The van der Waals surface area contributed by atoms with Crippen LogP contribution in [0.5, 0.6) is 0 Å². The Morgan fingerprint density at radius 3 is 1.96 bits per heavy atom. The zero-order valence-electron chi connectivity index (χ0n) is 14.8. The summed E-state index contributed by atoms with van der Waals surface area (Å²) in [5.74, 6) is -2.38. The molecule has 26 heavy (non-hydrogen) atoms. The van der Waals surface area contributed by atoms with E-state index in [1.807, 2.05) is 30.3 Å². The standard InChI is InChI=1S/C20H22ClNO4/c1-3-25-19(23)17(20(24)26-4-2)18(14-8-6-5-7-9-14)22-16-12-10-15(21)11-13-16/h5-13,17-18,22H,3-4H2,1-2H3. The van der Waals surface area contributed by atoms with Gasteiger partial charge in [0.05, 0.1) is 19.3 Å². The second kappa shape index (κ2) is 9.82. The van der Waals surface area contributed by atoms with Crippen LogP contribution in [0, 0.1) is 5.92 Å². The van der Waals surface area contributed by atoms with Crippen molar-refractivity contribution < 1.29 is 19.1 Å². The van der Waals surface area contributed by atoms with Crippen molar-refractivity contribution in [1.82, 2.24) is 0 Å². The number of nitrogens with one attached hydrogen (secondary N) is 1. The third-order valence-corrected chi connectivity index (χ3v) is 3.99. The van der Waals surface area contributed by atoms with Gasteiger partial charge < -0.3 is 14.8 Å². The number of carbonyl (C=O) groups is 2. The van der Waals surface area contributed by atoms with Crippen molar-refractivity contribution in [3.63, 3.8) is 0 Å². The lowest BCUT2D eigenvalue weighted by Crippen LogP contribution is -2.36. The van der Waals surface area contributed by atoms with Crippen LogP contribution in [0.25, 0.3) is 0 Å². The van der Waals surface area contributed by atoms with Gasteiger partial charge in [-0.2, -0.15) is 0 Å². The molecule has 0 aliphatic carbocycles. The lowest BCUT2D eigenvalue weighted by Gasteiger charge is -2.26. The molecule has 0 aromatic heterocycles. The molecule has 0 saturated carbocycles. The number of hydrogen-bond acceptors (Lipinski definition) is 5.